The van der Waals surface area contributed by atoms with Crippen LogP contribution in [-0.4, -0.2) is 44.6 Å². The maximum atomic E-state index is 12.5. The summed E-state index contributed by atoms with van der Waals surface area (Å²) in [5.41, 5.74) is 3.34. The fraction of sp³-hybridized carbons (Fsp3) is 0.391. The van der Waals surface area contributed by atoms with Crippen LogP contribution in [0.3, 0.4) is 0 Å². The smallest absolute Gasteiger partial charge is 0.262 e. The monoisotopic (exact) mass is 395 g/mol. The number of amides is 2. The molecular weight excluding hydrogens is 366 g/mol. The second kappa shape index (κ2) is 9.45. The maximum absolute atomic E-state index is 12.5. The topological polar surface area (TPSA) is 70.7 Å². The second-order valence-corrected chi connectivity index (χ2v) is 7.57. The van der Waals surface area contributed by atoms with Crippen LogP contribution in [-0.2, 0) is 16.0 Å². The zero-order valence-corrected chi connectivity index (χ0v) is 17.3. The minimum atomic E-state index is -0.637. The molecule has 1 heterocycles. The Morgan fingerprint density at radius 2 is 1.86 bits per heavy atom. The minimum Gasteiger partial charge on any atom is -0.477 e. The molecule has 0 aromatic heterocycles. The number of anilines is 1. The summed E-state index contributed by atoms with van der Waals surface area (Å²) in [5.74, 6) is 0.857. The first-order valence-corrected chi connectivity index (χ1v) is 10.1. The lowest BCUT2D eigenvalue weighted by atomic mass is 10.0. The third-order valence-electron chi connectivity index (χ3n) is 5.12. The van der Waals surface area contributed by atoms with Gasteiger partial charge in [0.1, 0.15) is 5.75 Å². The van der Waals surface area contributed by atoms with E-state index < -0.39 is 6.10 Å². The summed E-state index contributed by atoms with van der Waals surface area (Å²) in [4.78, 5) is 26.4. The number of hydrogen-bond donors (Lipinski definition) is 2. The first-order valence-electron chi connectivity index (χ1n) is 10.1. The molecular formula is C23H29N3O3. The number of hydrogen-bond acceptors (Lipinski definition) is 4. The molecule has 0 radical (unpaired) electrons. The van der Waals surface area contributed by atoms with Crippen LogP contribution in [0.15, 0.2) is 48.5 Å². The van der Waals surface area contributed by atoms with Gasteiger partial charge in [0.05, 0.1) is 18.8 Å². The predicted octanol–water partition coefficient (Wildman–Crippen LogP) is 2.48. The van der Waals surface area contributed by atoms with E-state index in [-0.39, 0.29) is 18.4 Å². The van der Waals surface area contributed by atoms with Gasteiger partial charge in [0, 0.05) is 13.6 Å². The Hall–Kier alpha value is -3.02. The van der Waals surface area contributed by atoms with E-state index in [4.69, 9.17) is 4.74 Å². The van der Waals surface area contributed by atoms with Gasteiger partial charge in [-0.3, -0.25) is 9.59 Å². The molecule has 2 N–H and O–H groups in total. The molecule has 2 aromatic rings. The number of nitrogens with zero attached hydrogens (tertiary/aromatic N) is 1. The molecule has 6 nitrogen and oxygen atoms in total. The lowest BCUT2D eigenvalue weighted by molar-refractivity contribution is -0.127. The fourth-order valence-electron chi connectivity index (χ4n) is 3.40. The van der Waals surface area contributed by atoms with E-state index in [0.29, 0.717) is 24.8 Å². The lowest BCUT2D eigenvalue weighted by Crippen LogP contribution is -2.50. The van der Waals surface area contributed by atoms with Crippen molar-refractivity contribution in [3.8, 4) is 5.75 Å². The number of rotatable bonds is 7. The molecule has 0 spiro atoms. The van der Waals surface area contributed by atoms with Crippen molar-refractivity contribution >= 4 is 17.5 Å². The summed E-state index contributed by atoms with van der Waals surface area (Å²) in [5, 5.41) is 5.59. The molecule has 29 heavy (non-hydrogen) atoms. The number of para-hydroxylation sites is 2. The molecule has 0 fully saturated rings. The minimum absolute atomic E-state index is 0.0730. The quantitative estimate of drug-likeness (QED) is 0.756. The van der Waals surface area contributed by atoms with Crippen molar-refractivity contribution in [2.45, 2.75) is 32.3 Å². The highest BCUT2D eigenvalue weighted by Crippen LogP contribution is 2.32. The van der Waals surface area contributed by atoms with E-state index >= 15 is 0 Å². The number of fused-ring (bicyclic) bond motifs is 1. The van der Waals surface area contributed by atoms with Gasteiger partial charge in [0.25, 0.3) is 5.91 Å². The van der Waals surface area contributed by atoms with Gasteiger partial charge in [-0.1, -0.05) is 50.2 Å². The second-order valence-electron chi connectivity index (χ2n) is 7.57. The summed E-state index contributed by atoms with van der Waals surface area (Å²) < 4.78 is 5.78. The molecule has 154 valence electrons. The number of ether oxygens (including phenoxy) is 1. The molecule has 0 saturated carbocycles. The Balaban J connectivity index is 1.56. The third-order valence-corrected chi connectivity index (χ3v) is 5.12. The summed E-state index contributed by atoms with van der Waals surface area (Å²) in [7, 11) is 1.58. The summed E-state index contributed by atoms with van der Waals surface area (Å²) >= 11 is 0. The zero-order chi connectivity index (χ0) is 20.8. The molecule has 3 rings (SSSR count). The third kappa shape index (κ3) is 5.28. The van der Waals surface area contributed by atoms with E-state index in [1.54, 1.807) is 7.05 Å². The van der Waals surface area contributed by atoms with Gasteiger partial charge >= 0.3 is 0 Å². The van der Waals surface area contributed by atoms with Gasteiger partial charge < -0.3 is 20.3 Å². The van der Waals surface area contributed by atoms with Crippen LogP contribution in [0.5, 0.6) is 5.75 Å². The molecule has 1 atom stereocenters. The maximum Gasteiger partial charge on any atom is 0.262 e. The van der Waals surface area contributed by atoms with Gasteiger partial charge in [-0.05, 0) is 35.6 Å². The van der Waals surface area contributed by atoms with Crippen LogP contribution in [0.1, 0.15) is 30.9 Å². The molecule has 1 aliphatic rings. The average molecular weight is 396 g/mol. The first-order chi connectivity index (χ1) is 14.0. The Morgan fingerprint density at radius 1 is 1.14 bits per heavy atom. The number of carbonyl (C=O) groups excluding carboxylic acids is 2. The van der Waals surface area contributed by atoms with Crippen LogP contribution in [0.25, 0.3) is 0 Å². The Bertz CT molecular complexity index is 849. The lowest BCUT2D eigenvalue weighted by Gasteiger charge is -2.35. The Labute approximate surface area is 172 Å². The Kier molecular flexibility index (Phi) is 6.75. The number of benzene rings is 2. The Morgan fingerprint density at radius 3 is 2.55 bits per heavy atom. The molecule has 2 amide bonds. The standard InChI is InChI=1S/C23H29N3O3/c1-16(2)18-10-8-17(9-11-18)12-13-25-22(27)15-26-14-21(23(28)24-3)29-20-7-5-4-6-19(20)26/h4-11,16,21H,12-15H2,1-3H3,(H,24,28)(H,25,27)/t21-/m1/s1. The van der Waals surface area contributed by atoms with Crippen LogP contribution < -0.4 is 20.3 Å². The molecule has 0 bridgehead atoms. The number of likely N-dealkylation sites (N-methyl/N-ethyl adjacent to an activating group) is 1. The fourth-order valence-corrected chi connectivity index (χ4v) is 3.40. The van der Waals surface area contributed by atoms with Crippen LogP contribution in [0.2, 0.25) is 0 Å². The number of carbonyl (C=O) groups is 2. The van der Waals surface area contributed by atoms with Gasteiger partial charge in [-0.2, -0.15) is 0 Å². The van der Waals surface area contributed by atoms with Crippen LogP contribution in [0, 0.1) is 0 Å². The first kappa shape index (κ1) is 20.7. The van der Waals surface area contributed by atoms with E-state index in [2.05, 4.69) is 48.7 Å². The van der Waals surface area contributed by atoms with E-state index in [1.165, 1.54) is 11.1 Å². The van der Waals surface area contributed by atoms with Gasteiger partial charge in [-0.15, -0.1) is 0 Å². The van der Waals surface area contributed by atoms with Crippen molar-refractivity contribution in [2.24, 2.45) is 0 Å². The summed E-state index contributed by atoms with van der Waals surface area (Å²) in [6.07, 6.45) is 0.146. The largest absolute Gasteiger partial charge is 0.477 e. The highest BCUT2D eigenvalue weighted by atomic mass is 16.5. The molecule has 0 saturated heterocycles. The van der Waals surface area contributed by atoms with Crippen LogP contribution >= 0.6 is 0 Å². The van der Waals surface area contributed by atoms with Gasteiger partial charge in [0.15, 0.2) is 6.10 Å². The van der Waals surface area contributed by atoms with Crippen LogP contribution in [0.4, 0.5) is 5.69 Å². The average Bonchev–Trinajstić information content (AvgIpc) is 2.73. The van der Waals surface area contributed by atoms with Crippen molar-refractivity contribution in [2.75, 3.05) is 31.6 Å². The highest BCUT2D eigenvalue weighted by Gasteiger charge is 2.30. The van der Waals surface area contributed by atoms with Crippen molar-refractivity contribution in [1.82, 2.24) is 10.6 Å². The van der Waals surface area contributed by atoms with E-state index in [1.807, 2.05) is 29.2 Å². The molecule has 1 aliphatic heterocycles. The zero-order valence-electron chi connectivity index (χ0n) is 17.3. The number of nitrogens with one attached hydrogen (secondary N) is 2. The van der Waals surface area contributed by atoms with Crippen molar-refractivity contribution in [3.63, 3.8) is 0 Å². The summed E-state index contributed by atoms with van der Waals surface area (Å²) in [6, 6.07) is 16.0. The molecule has 0 unspecified atom stereocenters. The van der Waals surface area contributed by atoms with Crippen molar-refractivity contribution in [1.29, 1.82) is 0 Å². The predicted molar refractivity (Wildman–Crippen MR) is 114 cm³/mol. The molecule has 0 aliphatic carbocycles. The normalized spacial score (nSPS) is 15.4. The van der Waals surface area contributed by atoms with Crippen molar-refractivity contribution < 1.29 is 14.3 Å². The molecule has 6 heteroatoms. The molecule has 2 aromatic carbocycles. The highest BCUT2D eigenvalue weighted by molar-refractivity contribution is 5.86. The van der Waals surface area contributed by atoms with Crippen molar-refractivity contribution in [3.05, 3.63) is 59.7 Å². The summed E-state index contributed by atoms with van der Waals surface area (Å²) in [6.45, 7) is 5.44. The van der Waals surface area contributed by atoms with E-state index in [0.717, 1.165) is 12.1 Å². The van der Waals surface area contributed by atoms with Gasteiger partial charge in [-0.25, -0.2) is 0 Å². The SMILES string of the molecule is CNC(=O)[C@H]1CN(CC(=O)NCCc2ccc(C(C)C)cc2)c2ccccc2O1. The van der Waals surface area contributed by atoms with Gasteiger partial charge in [0.2, 0.25) is 5.91 Å². The van der Waals surface area contributed by atoms with E-state index in [9.17, 15) is 9.59 Å².